The van der Waals surface area contributed by atoms with Gasteiger partial charge < -0.3 is 5.11 Å². The van der Waals surface area contributed by atoms with E-state index >= 15 is 0 Å². The van der Waals surface area contributed by atoms with Gasteiger partial charge in [-0.05, 0) is 30.7 Å². The van der Waals surface area contributed by atoms with E-state index in [0.29, 0.717) is 17.4 Å². The molecule has 3 rings (SSSR count). The molecule has 2 heterocycles. The number of halogens is 1. The van der Waals surface area contributed by atoms with Gasteiger partial charge in [0, 0.05) is 17.0 Å². The maximum atomic E-state index is 9.57. The number of benzene rings is 1. The number of rotatable bonds is 1. The van der Waals surface area contributed by atoms with Crippen molar-refractivity contribution in [3.05, 3.63) is 35.1 Å². The van der Waals surface area contributed by atoms with Crippen LogP contribution in [0.25, 0.3) is 11.4 Å². The van der Waals surface area contributed by atoms with Gasteiger partial charge in [-0.2, -0.15) is 5.10 Å². The Hall–Kier alpha value is -1.39. The van der Waals surface area contributed by atoms with Crippen LogP contribution in [-0.4, -0.2) is 26.0 Å². The Morgan fingerprint density at radius 2 is 2.06 bits per heavy atom. The van der Waals surface area contributed by atoms with Gasteiger partial charge in [0.25, 0.3) is 0 Å². The first-order valence-electron chi connectivity index (χ1n) is 5.60. The monoisotopic (exact) mass is 249 g/mol. The molecule has 0 amide bonds. The van der Waals surface area contributed by atoms with Crippen LogP contribution in [0.3, 0.4) is 0 Å². The highest BCUT2D eigenvalue weighted by atomic mass is 35.5. The second-order valence-electron chi connectivity index (χ2n) is 4.23. The summed E-state index contributed by atoms with van der Waals surface area (Å²) in [7, 11) is 0. The summed E-state index contributed by atoms with van der Waals surface area (Å²) >= 11 is 5.84. The van der Waals surface area contributed by atoms with Crippen LogP contribution in [-0.2, 0) is 13.0 Å². The van der Waals surface area contributed by atoms with Gasteiger partial charge in [0.1, 0.15) is 5.82 Å². The molecule has 0 fully saturated rings. The minimum atomic E-state index is -0.303. The van der Waals surface area contributed by atoms with Crippen molar-refractivity contribution < 1.29 is 5.11 Å². The molecule has 4 nitrogen and oxygen atoms in total. The van der Waals surface area contributed by atoms with Crippen molar-refractivity contribution in [2.24, 2.45) is 0 Å². The highest BCUT2D eigenvalue weighted by Crippen LogP contribution is 2.21. The van der Waals surface area contributed by atoms with Gasteiger partial charge in [0.2, 0.25) is 0 Å². The lowest BCUT2D eigenvalue weighted by molar-refractivity contribution is 0.124. The Morgan fingerprint density at radius 3 is 2.82 bits per heavy atom. The lowest BCUT2D eigenvalue weighted by Crippen LogP contribution is -2.25. The Labute approximate surface area is 104 Å². The van der Waals surface area contributed by atoms with Crippen LogP contribution in [0, 0.1) is 0 Å². The smallest absolute Gasteiger partial charge is 0.181 e. The fraction of sp³-hybridized carbons (Fsp3) is 0.333. The number of hydrogen-bond donors (Lipinski definition) is 1. The number of fused-ring (bicyclic) bond motifs is 1. The number of aromatic nitrogens is 3. The predicted molar refractivity (Wildman–Crippen MR) is 64.8 cm³/mol. The first-order chi connectivity index (χ1) is 8.22. The number of nitrogens with zero attached hydrogens (tertiary/aromatic N) is 3. The van der Waals surface area contributed by atoms with Crippen molar-refractivity contribution in [2.45, 2.75) is 25.5 Å². The van der Waals surface area contributed by atoms with E-state index in [1.54, 1.807) is 4.68 Å². The van der Waals surface area contributed by atoms with E-state index < -0.39 is 0 Å². The fourth-order valence-electron chi connectivity index (χ4n) is 2.01. The van der Waals surface area contributed by atoms with E-state index in [9.17, 15) is 5.11 Å². The van der Waals surface area contributed by atoms with Crippen molar-refractivity contribution in [2.75, 3.05) is 0 Å². The Morgan fingerprint density at radius 1 is 1.29 bits per heavy atom. The van der Waals surface area contributed by atoms with Crippen LogP contribution in [0.5, 0.6) is 0 Å². The summed E-state index contributed by atoms with van der Waals surface area (Å²) in [5, 5.41) is 14.7. The van der Waals surface area contributed by atoms with E-state index in [2.05, 4.69) is 10.1 Å². The Bertz CT molecular complexity index is 535. The summed E-state index contributed by atoms with van der Waals surface area (Å²) in [5.41, 5.74) is 0.950. The van der Waals surface area contributed by atoms with Gasteiger partial charge in [0.15, 0.2) is 5.82 Å². The molecule has 1 aromatic heterocycles. The molecular formula is C12H12ClN3O. The molecule has 1 aromatic carbocycles. The van der Waals surface area contributed by atoms with Crippen molar-refractivity contribution in [3.8, 4) is 11.4 Å². The zero-order valence-corrected chi connectivity index (χ0v) is 9.93. The first-order valence-corrected chi connectivity index (χ1v) is 5.98. The van der Waals surface area contributed by atoms with Crippen LogP contribution in [0.15, 0.2) is 24.3 Å². The summed E-state index contributed by atoms with van der Waals surface area (Å²) in [6, 6.07) is 7.46. The fourth-order valence-corrected chi connectivity index (χ4v) is 2.14. The minimum absolute atomic E-state index is 0.303. The third kappa shape index (κ3) is 2.06. The predicted octanol–water partition coefficient (Wildman–Crippen LogP) is 1.91. The number of aliphatic hydroxyl groups excluding tert-OH is 1. The average molecular weight is 250 g/mol. The molecule has 1 atom stereocenters. The van der Waals surface area contributed by atoms with Crippen LogP contribution >= 0.6 is 11.6 Å². The van der Waals surface area contributed by atoms with Gasteiger partial charge in [-0.3, -0.25) is 0 Å². The lowest BCUT2D eigenvalue weighted by atomic mass is 10.1. The molecule has 1 N–H and O–H groups in total. The summed E-state index contributed by atoms with van der Waals surface area (Å²) in [6.45, 7) is 0.538. The molecule has 1 aliphatic heterocycles. The van der Waals surface area contributed by atoms with Crippen molar-refractivity contribution in [1.29, 1.82) is 0 Å². The maximum absolute atomic E-state index is 9.57. The lowest BCUT2D eigenvalue weighted by Gasteiger charge is -2.16. The van der Waals surface area contributed by atoms with Gasteiger partial charge in [-0.1, -0.05) is 11.6 Å². The highest BCUT2D eigenvalue weighted by Gasteiger charge is 2.20. The summed E-state index contributed by atoms with van der Waals surface area (Å²) < 4.78 is 1.79. The Kier molecular flexibility index (Phi) is 2.61. The van der Waals surface area contributed by atoms with E-state index in [1.807, 2.05) is 24.3 Å². The zero-order valence-electron chi connectivity index (χ0n) is 9.17. The van der Waals surface area contributed by atoms with E-state index in [1.165, 1.54) is 0 Å². The van der Waals surface area contributed by atoms with Gasteiger partial charge >= 0.3 is 0 Å². The molecule has 0 bridgehead atoms. The number of aryl methyl sites for hydroxylation is 1. The number of aliphatic hydroxyl groups is 1. The van der Waals surface area contributed by atoms with Gasteiger partial charge in [-0.25, -0.2) is 9.67 Å². The zero-order chi connectivity index (χ0) is 11.8. The average Bonchev–Trinajstić information content (AvgIpc) is 2.72. The number of hydrogen-bond acceptors (Lipinski definition) is 3. The first kappa shape index (κ1) is 10.7. The van der Waals surface area contributed by atoms with Crippen LogP contribution < -0.4 is 0 Å². The minimum Gasteiger partial charge on any atom is -0.391 e. The second-order valence-corrected chi connectivity index (χ2v) is 4.67. The maximum Gasteiger partial charge on any atom is 0.181 e. The van der Waals surface area contributed by atoms with E-state index in [4.69, 9.17) is 11.6 Å². The van der Waals surface area contributed by atoms with Crippen molar-refractivity contribution in [1.82, 2.24) is 14.8 Å². The van der Waals surface area contributed by atoms with E-state index in [-0.39, 0.29) is 6.10 Å². The molecule has 0 saturated heterocycles. The third-order valence-electron chi connectivity index (χ3n) is 2.94. The van der Waals surface area contributed by atoms with Crippen LogP contribution in [0.2, 0.25) is 5.02 Å². The standard InChI is InChI=1S/C12H12ClN3O/c13-9-3-1-8(2-4-9)12-14-11-6-5-10(17)7-16(11)15-12/h1-4,10,17H,5-7H2. The molecule has 5 heteroatoms. The molecule has 88 valence electrons. The third-order valence-corrected chi connectivity index (χ3v) is 3.19. The molecule has 0 radical (unpaired) electrons. The SMILES string of the molecule is OC1CCc2nc(-c3ccc(Cl)cc3)nn2C1. The topological polar surface area (TPSA) is 50.9 Å². The molecule has 1 aliphatic rings. The largest absolute Gasteiger partial charge is 0.391 e. The van der Waals surface area contributed by atoms with Crippen molar-refractivity contribution >= 4 is 11.6 Å². The van der Waals surface area contributed by atoms with Crippen molar-refractivity contribution in [3.63, 3.8) is 0 Å². The molecular weight excluding hydrogens is 238 g/mol. The molecule has 0 aliphatic carbocycles. The quantitative estimate of drug-likeness (QED) is 0.840. The van der Waals surface area contributed by atoms with Crippen LogP contribution in [0.4, 0.5) is 0 Å². The summed E-state index contributed by atoms with van der Waals surface area (Å²) in [6.07, 6.45) is 1.24. The molecule has 2 aromatic rings. The molecule has 1 unspecified atom stereocenters. The molecule has 0 saturated carbocycles. The van der Waals surface area contributed by atoms with E-state index in [0.717, 1.165) is 24.2 Å². The summed E-state index contributed by atoms with van der Waals surface area (Å²) in [4.78, 5) is 4.48. The Balaban J connectivity index is 1.97. The summed E-state index contributed by atoms with van der Waals surface area (Å²) in [5.74, 6) is 1.64. The highest BCUT2D eigenvalue weighted by molar-refractivity contribution is 6.30. The molecule has 17 heavy (non-hydrogen) atoms. The van der Waals surface area contributed by atoms with Gasteiger partial charge in [0.05, 0.1) is 12.6 Å². The van der Waals surface area contributed by atoms with Crippen LogP contribution in [0.1, 0.15) is 12.2 Å². The van der Waals surface area contributed by atoms with Gasteiger partial charge in [-0.15, -0.1) is 0 Å². The second kappa shape index (κ2) is 4.13. The molecule has 0 spiro atoms. The normalized spacial score (nSPS) is 19.1.